The van der Waals surface area contributed by atoms with E-state index in [-0.39, 0.29) is 24.6 Å². The fourth-order valence-corrected chi connectivity index (χ4v) is 3.12. The number of carbonyl (C=O) groups excluding carboxylic acids is 1. The topological polar surface area (TPSA) is 83.3 Å². The van der Waals surface area contributed by atoms with E-state index in [1.54, 1.807) is 6.20 Å². The first-order chi connectivity index (χ1) is 10.7. The number of nitrogens with one attached hydrogen (secondary N) is 1. The summed E-state index contributed by atoms with van der Waals surface area (Å²) in [7, 11) is 0. The summed E-state index contributed by atoms with van der Waals surface area (Å²) in [6.07, 6.45) is 6.17. The van der Waals surface area contributed by atoms with Crippen molar-refractivity contribution in [2.45, 2.75) is 58.2 Å². The molecule has 0 bridgehead atoms. The smallest absolute Gasteiger partial charge is 0.236 e. The molecule has 1 heterocycles. The summed E-state index contributed by atoms with van der Waals surface area (Å²) in [5, 5.41) is 20.6. The lowest BCUT2D eigenvalue weighted by atomic mass is 9.90. The van der Waals surface area contributed by atoms with Crippen LogP contribution in [0.3, 0.4) is 0 Å². The van der Waals surface area contributed by atoms with Crippen LogP contribution in [0, 0.1) is 0 Å². The predicted octanol–water partition coefficient (Wildman–Crippen LogP) is 0.712. The van der Waals surface area contributed by atoms with Crippen molar-refractivity contribution in [2.75, 3.05) is 19.6 Å². The van der Waals surface area contributed by atoms with Gasteiger partial charge in [-0.1, -0.05) is 18.1 Å². The van der Waals surface area contributed by atoms with Crippen molar-refractivity contribution in [1.82, 2.24) is 25.2 Å². The van der Waals surface area contributed by atoms with E-state index in [4.69, 9.17) is 5.11 Å². The molecule has 22 heavy (non-hydrogen) atoms. The maximum Gasteiger partial charge on any atom is 0.236 e. The molecular formula is C15H27N5O2. The van der Waals surface area contributed by atoms with Crippen LogP contribution in [0.5, 0.6) is 0 Å². The van der Waals surface area contributed by atoms with Crippen molar-refractivity contribution in [3.8, 4) is 0 Å². The zero-order valence-corrected chi connectivity index (χ0v) is 13.5. The Morgan fingerprint density at radius 1 is 1.41 bits per heavy atom. The number of amides is 1. The van der Waals surface area contributed by atoms with E-state index >= 15 is 0 Å². The van der Waals surface area contributed by atoms with Crippen molar-refractivity contribution in [3.63, 3.8) is 0 Å². The predicted molar refractivity (Wildman–Crippen MR) is 83.2 cm³/mol. The Labute approximate surface area is 131 Å². The Kier molecular flexibility index (Phi) is 6.33. The van der Waals surface area contributed by atoms with Gasteiger partial charge < -0.3 is 15.3 Å². The molecule has 1 aromatic rings. The first-order valence-corrected chi connectivity index (χ1v) is 8.22. The van der Waals surface area contributed by atoms with Gasteiger partial charge in [0.25, 0.3) is 0 Å². The largest absolute Gasteiger partial charge is 0.390 e. The highest BCUT2D eigenvalue weighted by Crippen LogP contribution is 2.28. The maximum atomic E-state index is 12.1. The van der Waals surface area contributed by atoms with Crippen LogP contribution in [0.4, 0.5) is 0 Å². The maximum absolute atomic E-state index is 12.1. The van der Waals surface area contributed by atoms with Gasteiger partial charge in [0.1, 0.15) is 5.69 Å². The molecule has 0 aliphatic heterocycles. The highest BCUT2D eigenvalue weighted by molar-refractivity contribution is 5.78. The molecule has 124 valence electrons. The van der Waals surface area contributed by atoms with E-state index in [1.807, 2.05) is 23.4 Å². The van der Waals surface area contributed by atoms with Gasteiger partial charge in [0.2, 0.25) is 5.91 Å². The second-order valence-electron chi connectivity index (χ2n) is 5.75. The van der Waals surface area contributed by atoms with E-state index < -0.39 is 0 Å². The summed E-state index contributed by atoms with van der Waals surface area (Å²) in [5.74, 6) is 0.143. The summed E-state index contributed by atoms with van der Waals surface area (Å²) >= 11 is 0. The molecule has 0 aromatic carbocycles. The van der Waals surface area contributed by atoms with Crippen molar-refractivity contribution < 1.29 is 9.90 Å². The Balaban J connectivity index is 1.96. The lowest BCUT2D eigenvalue weighted by Crippen LogP contribution is -2.46. The average molecular weight is 309 g/mol. The number of hydrogen-bond donors (Lipinski definition) is 2. The normalized spacial score (nSPS) is 21.8. The Bertz CT molecular complexity index is 472. The molecule has 1 fully saturated rings. The molecule has 7 nitrogen and oxygen atoms in total. The molecule has 1 aromatic heterocycles. The molecule has 2 rings (SSSR count). The van der Waals surface area contributed by atoms with Crippen LogP contribution >= 0.6 is 0 Å². The molecule has 0 unspecified atom stereocenters. The SMILES string of the molecule is CCN(CC)C(=O)CN[C@H]1CCCC[C@H]1n1cc(CO)nn1. The molecule has 0 radical (unpaired) electrons. The number of aromatic nitrogens is 3. The monoisotopic (exact) mass is 309 g/mol. The Hall–Kier alpha value is -1.47. The van der Waals surface area contributed by atoms with Gasteiger partial charge in [-0.3, -0.25) is 4.79 Å². The minimum absolute atomic E-state index is 0.0920. The average Bonchev–Trinajstić information content (AvgIpc) is 3.03. The van der Waals surface area contributed by atoms with Crippen molar-refractivity contribution in [2.24, 2.45) is 0 Å². The van der Waals surface area contributed by atoms with Gasteiger partial charge in [0, 0.05) is 19.1 Å². The Morgan fingerprint density at radius 3 is 2.77 bits per heavy atom. The first kappa shape index (κ1) is 16.9. The highest BCUT2D eigenvalue weighted by atomic mass is 16.3. The number of aliphatic hydroxyl groups excluding tert-OH is 1. The van der Waals surface area contributed by atoms with Crippen LogP contribution in [0.25, 0.3) is 0 Å². The summed E-state index contributed by atoms with van der Waals surface area (Å²) in [6.45, 7) is 5.75. The molecule has 1 saturated carbocycles. The zero-order valence-electron chi connectivity index (χ0n) is 13.5. The van der Waals surface area contributed by atoms with Crippen molar-refractivity contribution in [1.29, 1.82) is 0 Å². The van der Waals surface area contributed by atoms with E-state index in [1.165, 1.54) is 0 Å². The molecule has 1 aliphatic rings. The van der Waals surface area contributed by atoms with Gasteiger partial charge in [0.05, 0.1) is 25.4 Å². The lowest BCUT2D eigenvalue weighted by Gasteiger charge is -2.32. The Morgan fingerprint density at radius 2 is 2.14 bits per heavy atom. The van der Waals surface area contributed by atoms with Crippen LogP contribution in [0.2, 0.25) is 0 Å². The van der Waals surface area contributed by atoms with E-state index in [0.29, 0.717) is 12.2 Å². The van der Waals surface area contributed by atoms with Gasteiger partial charge in [-0.2, -0.15) is 0 Å². The van der Waals surface area contributed by atoms with E-state index in [2.05, 4.69) is 15.6 Å². The molecule has 0 saturated heterocycles. The second kappa shape index (κ2) is 8.24. The highest BCUT2D eigenvalue weighted by Gasteiger charge is 2.28. The first-order valence-electron chi connectivity index (χ1n) is 8.22. The van der Waals surface area contributed by atoms with Gasteiger partial charge in [-0.25, -0.2) is 4.68 Å². The van der Waals surface area contributed by atoms with Crippen molar-refractivity contribution in [3.05, 3.63) is 11.9 Å². The third kappa shape index (κ3) is 4.04. The van der Waals surface area contributed by atoms with Crippen LogP contribution in [-0.4, -0.2) is 56.6 Å². The third-order valence-electron chi connectivity index (χ3n) is 4.42. The lowest BCUT2D eigenvalue weighted by molar-refractivity contribution is -0.130. The summed E-state index contributed by atoms with van der Waals surface area (Å²) in [5.41, 5.74) is 0.587. The van der Waals surface area contributed by atoms with Gasteiger partial charge >= 0.3 is 0 Å². The standard InChI is InChI=1S/C15H27N5O2/c1-3-19(4-2)15(22)9-16-13-7-5-6-8-14(13)20-10-12(11-21)17-18-20/h10,13-14,16,21H,3-9,11H2,1-2H3/t13-,14+/m0/s1. The zero-order chi connectivity index (χ0) is 15.9. The van der Waals surface area contributed by atoms with Gasteiger partial charge in [0.15, 0.2) is 0 Å². The number of likely N-dealkylation sites (N-methyl/N-ethyl adjacent to an activating group) is 1. The molecule has 2 N–H and O–H groups in total. The summed E-state index contributed by atoms with van der Waals surface area (Å²) < 4.78 is 1.84. The van der Waals surface area contributed by atoms with Crippen LogP contribution in [0.15, 0.2) is 6.20 Å². The number of rotatable bonds is 7. The fraction of sp³-hybridized carbons (Fsp3) is 0.800. The molecule has 7 heteroatoms. The molecule has 1 aliphatic carbocycles. The summed E-state index contributed by atoms with van der Waals surface area (Å²) in [6, 6.07) is 0.424. The van der Waals surface area contributed by atoms with E-state index in [0.717, 1.165) is 38.8 Å². The number of carbonyl (C=O) groups is 1. The minimum atomic E-state index is -0.0920. The minimum Gasteiger partial charge on any atom is -0.390 e. The molecule has 2 atom stereocenters. The van der Waals surface area contributed by atoms with Gasteiger partial charge in [-0.05, 0) is 26.7 Å². The quantitative estimate of drug-likeness (QED) is 0.775. The summed E-state index contributed by atoms with van der Waals surface area (Å²) in [4.78, 5) is 14.0. The second-order valence-corrected chi connectivity index (χ2v) is 5.75. The van der Waals surface area contributed by atoms with Gasteiger partial charge in [-0.15, -0.1) is 5.10 Å². The molecule has 0 spiro atoms. The number of hydrogen-bond acceptors (Lipinski definition) is 5. The number of aliphatic hydroxyl groups is 1. The molecular weight excluding hydrogens is 282 g/mol. The fourth-order valence-electron chi connectivity index (χ4n) is 3.12. The number of nitrogens with zero attached hydrogens (tertiary/aromatic N) is 4. The van der Waals surface area contributed by atoms with E-state index in [9.17, 15) is 4.79 Å². The van der Waals surface area contributed by atoms with Crippen molar-refractivity contribution >= 4 is 5.91 Å². The van der Waals surface area contributed by atoms with Crippen LogP contribution in [-0.2, 0) is 11.4 Å². The third-order valence-corrected chi connectivity index (χ3v) is 4.42. The van der Waals surface area contributed by atoms with Crippen LogP contribution < -0.4 is 5.32 Å². The van der Waals surface area contributed by atoms with Crippen LogP contribution in [0.1, 0.15) is 51.3 Å². The molecule has 1 amide bonds.